The first-order chi connectivity index (χ1) is 11.6. The van der Waals surface area contributed by atoms with E-state index in [2.05, 4.69) is 21.2 Å². The summed E-state index contributed by atoms with van der Waals surface area (Å²) in [5.41, 5.74) is 3.54. The van der Waals surface area contributed by atoms with Crippen LogP contribution in [0.2, 0.25) is 0 Å². The summed E-state index contributed by atoms with van der Waals surface area (Å²) < 4.78 is 5.15. The number of hydrogen-bond acceptors (Lipinski definition) is 4. The van der Waals surface area contributed by atoms with Gasteiger partial charge < -0.3 is 14.4 Å². The van der Waals surface area contributed by atoms with E-state index >= 15 is 0 Å². The monoisotopic (exact) mass is 324 g/mol. The minimum atomic E-state index is 0.0220. The van der Waals surface area contributed by atoms with E-state index in [1.807, 2.05) is 24.1 Å². The first kappa shape index (κ1) is 14.9. The summed E-state index contributed by atoms with van der Waals surface area (Å²) in [6.07, 6.45) is 5.72. The Morgan fingerprint density at radius 2 is 2.29 bits per heavy atom. The van der Waals surface area contributed by atoms with E-state index in [-0.39, 0.29) is 5.91 Å². The highest BCUT2D eigenvalue weighted by molar-refractivity contribution is 5.96. The number of carbonyl (C=O) groups excluding carboxylic acids is 1. The number of amides is 1. The maximum absolute atomic E-state index is 12.9. The van der Waals surface area contributed by atoms with Gasteiger partial charge in [0.1, 0.15) is 11.3 Å². The van der Waals surface area contributed by atoms with Gasteiger partial charge in [0.05, 0.1) is 5.69 Å². The second-order valence-electron chi connectivity index (χ2n) is 6.48. The summed E-state index contributed by atoms with van der Waals surface area (Å²) in [6, 6.07) is 4.13. The maximum Gasteiger partial charge on any atom is 0.259 e. The van der Waals surface area contributed by atoms with Gasteiger partial charge in [-0.3, -0.25) is 9.78 Å². The Labute approximate surface area is 139 Å². The molecule has 0 unspecified atom stereocenters. The lowest BCUT2D eigenvalue weighted by molar-refractivity contribution is 0.0703. The van der Waals surface area contributed by atoms with E-state index in [0.29, 0.717) is 29.5 Å². The van der Waals surface area contributed by atoms with Crippen molar-refractivity contribution in [3.8, 4) is 0 Å². The molecular weight excluding hydrogens is 304 g/mol. The topological polar surface area (TPSA) is 75.0 Å². The number of hydrogen-bond donors (Lipinski definition) is 1. The summed E-state index contributed by atoms with van der Waals surface area (Å²) in [7, 11) is 0. The highest BCUT2D eigenvalue weighted by atomic mass is 16.5. The Bertz CT molecular complexity index is 843. The average Bonchev–Trinajstić information content (AvgIpc) is 3.18. The molecule has 1 atom stereocenters. The molecule has 4 heterocycles. The van der Waals surface area contributed by atoms with Crippen LogP contribution in [-0.4, -0.2) is 39.0 Å². The van der Waals surface area contributed by atoms with Gasteiger partial charge in [-0.1, -0.05) is 5.16 Å². The first-order valence-electron chi connectivity index (χ1n) is 8.28. The number of aryl methyl sites for hydroxylation is 2. The van der Waals surface area contributed by atoms with Crippen LogP contribution in [0.25, 0.3) is 10.9 Å². The third-order valence-corrected chi connectivity index (χ3v) is 4.84. The van der Waals surface area contributed by atoms with Crippen LogP contribution < -0.4 is 0 Å². The number of H-pyrrole nitrogens is 1. The van der Waals surface area contributed by atoms with E-state index in [4.69, 9.17) is 4.52 Å². The smallest absolute Gasteiger partial charge is 0.259 e. The zero-order valence-electron chi connectivity index (χ0n) is 13.9. The van der Waals surface area contributed by atoms with Gasteiger partial charge in [0, 0.05) is 48.0 Å². The molecule has 0 aromatic carbocycles. The van der Waals surface area contributed by atoms with Crippen LogP contribution in [0.5, 0.6) is 0 Å². The molecule has 1 saturated heterocycles. The fraction of sp³-hybridized carbons (Fsp3) is 0.389. The normalized spacial score (nSPS) is 18.2. The Kier molecular flexibility index (Phi) is 3.59. The van der Waals surface area contributed by atoms with Gasteiger partial charge in [-0.25, -0.2) is 0 Å². The average molecular weight is 324 g/mol. The van der Waals surface area contributed by atoms with Crippen molar-refractivity contribution < 1.29 is 9.32 Å². The van der Waals surface area contributed by atoms with Gasteiger partial charge in [-0.2, -0.15) is 0 Å². The fourth-order valence-corrected chi connectivity index (χ4v) is 3.58. The van der Waals surface area contributed by atoms with Crippen LogP contribution in [0.3, 0.4) is 0 Å². The summed E-state index contributed by atoms with van der Waals surface area (Å²) in [4.78, 5) is 22.4. The van der Waals surface area contributed by atoms with Crippen LogP contribution in [0.1, 0.15) is 46.3 Å². The van der Waals surface area contributed by atoms with Gasteiger partial charge in [-0.05, 0) is 38.8 Å². The predicted octanol–water partition coefficient (Wildman–Crippen LogP) is 3.19. The predicted molar refractivity (Wildman–Crippen MR) is 89.9 cm³/mol. The fourth-order valence-electron chi connectivity index (χ4n) is 3.58. The van der Waals surface area contributed by atoms with Crippen LogP contribution in [0.15, 0.2) is 29.0 Å². The van der Waals surface area contributed by atoms with Crippen molar-refractivity contribution in [2.24, 2.45) is 0 Å². The first-order valence-corrected chi connectivity index (χ1v) is 8.28. The summed E-state index contributed by atoms with van der Waals surface area (Å²) in [6.45, 7) is 5.10. The molecule has 1 amide bonds. The van der Waals surface area contributed by atoms with Gasteiger partial charge in [0.15, 0.2) is 0 Å². The van der Waals surface area contributed by atoms with Crippen molar-refractivity contribution in [2.75, 3.05) is 13.1 Å². The Morgan fingerprint density at radius 3 is 3.04 bits per heavy atom. The highest BCUT2D eigenvalue weighted by Crippen LogP contribution is 2.30. The van der Waals surface area contributed by atoms with Crippen molar-refractivity contribution >= 4 is 16.8 Å². The van der Waals surface area contributed by atoms with E-state index < -0.39 is 0 Å². The standard InChI is InChI=1S/C18H20N4O2/c1-11-17(12(2)24-21-11)18(23)22-7-3-4-13(10-22)16-8-14-9-19-6-5-15(14)20-16/h5-6,8-9,13,20H,3-4,7,10H2,1-2H3/t13-/m1/s1. The number of aromatic amines is 1. The molecule has 0 radical (unpaired) electrons. The molecule has 3 aromatic heterocycles. The molecule has 4 rings (SSSR count). The molecule has 0 aliphatic carbocycles. The minimum absolute atomic E-state index is 0.0220. The number of nitrogens with one attached hydrogen (secondary N) is 1. The zero-order chi connectivity index (χ0) is 16.7. The van der Waals surface area contributed by atoms with Crippen molar-refractivity contribution in [3.05, 3.63) is 47.2 Å². The van der Waals surface area contributed by atoms with Crippen molar-refractivity contribution in [2.45, 2.75) is 32.6 Å². The molecule has 0 bridgehead atoms. The third kappa shape index (κ3) is 2.48. The lowest BCUT2D eigenvalue weighted by Crippen LogP contribution is -2.39. The Hall–Kier alpha value is -2.63. The van der Waals surface area contributed by atoms with Crippen molar-refractivity contribution in [1.82, 2.24) is 20.0 Å². The van der Waals surface area contributed by atoms with Crippen LogP contribution in [-0.2, 0) is 0 Å². The molecule has 1 fully saturated rings. The second kappa shape index (κ2) is 5.78. The van der Waals surface area contributed by atoms with E-state index in [9.17, 15) is 4.79 Å². The lowest BCUT2D eigenvalue weighted by Gasteiger charge is -2.32. The number of fused-ring (bicyclic) bond motifs is 1. The zero-order valence-corrected chi connectivity index (χ0v) is 13.9. The largest absolute Gasteiger partial charge is 0.361 e. The molecule has 1 aliphatic heterocycles. The summed E-state index contributed by atoms with van der Waals surface area (Å²) in [5.74, 6) is 0.931. The van der Waals surface area contributed by atoms with Crippen molar-refractivity contribution in [3.63, 3.8) is 0 Å². The molecule has 24 heavy (non-hydrogen) atoms. The summed E-state index contributed by atoms with van der Waals surface area (Å²) in [5, 5.41) is 5.02. The van der Waals surface area contributed by atoms with Crippen molar-refractivity contribution in [1.29, 1.82) is 0 Å². The van der Waals surface area contributed by atoms with E-state index in [1.54, 1.807) is 13.1 Å². The quantitative estimate of drug-likeness (QED) is 0.785. The number of carbonyl (C=O) groups is 1. The number of aromatic nitrogens is 3. The molecule has 3 aromatic rings. The molecule has 1 N–H and O–H groups in total. The molecule has 1 aliphatic rings. The molecule has 124 valence electrons. The van der Waals surface area contributed by atoms with Gasteiger partial charge in [0.2, 0.25) is 0 Å². The Balaban J connectivity index is 1.58. The molecule has 0 saturated carbocycles. The minimum Gasteiger partial charge on any atom is -0.361 e. The molecule has 0 spiro atoms. The van der Waals surface area contributed by atoms with E-state index in [1.165, 1.54) is 5.69 Å². The van der Waals surface area contributed by atoms with Crippen LogP contribution >= 0.6 is 0 Å². The van der Waals surface area contributed by atoms with Gasteiger partial charge >= 0.3 is 0 Å². The number of piperidine rings is 1. The molecule has 6 heteroatoms. The number of nitrogens with zero attached hydrogens (tertiary/aromatic N) is 3. The van der Waals surface area contributed by atoms with E-state index in [0.717, 1.165) is 30.3 Å². The number of likely N-dealkylation sites (tertiary alicyclic amines) is 1. The number of pyridine rings is 1. The number of rotatable bonds is 2. The SMILES string of the molecule is Cc1noc(C)c1C(=O)N1CCC[C@@H](c2cc3cnccc3[nH]2)C1. The molecular formula is C18H20N4O2. The van der Waals surface area contributed by atoms with Crippen LogP contribution in [0.4, 0.5) is 0 Å². The molecule has 6 nitrogen and oxygen atoms in total. The van der Waals surface area contributed by atoms with Gasteiger partial charge in [-0.15, -0.1) is 0 Å². The van der Waals surface area contributed by atoms with Gasteiger partial charge in [0.25, 0.3) is 5.91 Å². The maximum atomic E-state index is 12.9. The third-order valence-electron chi connectivity index (χ3n) is 4.84. The van der Waals surface area contributed by atoms with Crippen LogP contribution in [0, 0.1) is 13.8 Å². The lowest BCUT2D eigenvalue weighted by atomic mass is 9.94. The Morgan fingerprint density at radius 1 is 1.42 bits per heavy atom. The second-order valence-corrected chi connectivity index (χ2v) is 6.48. The highest BCUT2D eigenvalue weighted by Gasteiger charge is 2.29. The summed E-state index contributed by atoms with van der Waals surface area (Å²) >= 11 is 0.